The molecule has 9 heteroatoms. The van der Waals surface area contributed by atoms with E-state index >= 15 is 0 Å². The van der Waals surface area contributed by atoms with Gasteiger partial charge in [-0.3, -0.25) is 4.68 Å². The minimum absolute atomic E-state index is 0.0710. The standard InChI is InChI=1S/C18H21ClF2N4O2/c1-2-12-16(18(26)27)14(9-15(19)23-12)22-10-3-5-11(6-4-10)25-8-7-13(24-25)17(20)21/h7-11,17H,2-6H2,1H3,(H,22,23)(H,26,27). The fourth-order valence-corrected chi connectivity index (χ4v) is 3.76. The summed E-state index contributed by atoms with van der Waals surface area (Å²) >= 11 is 6.04. The molecule has 146 valence electrons. The molecule has 0 radical (unpaired) electrons. The quantitative estimate of drug-likeness (QED) is 0.688. The third-order valence-electron chi connectivity index (χ3n) is 4.89. The third kappa shape index (κ3) is 4.37. The van der Waals surface area contributed by atoms with Gasteiger partial charge in [-0.05, 0) is 44.2 Å². The number of hydrogen-bond acceptors (Lipinski definition) is 4. The topological polar surface area (TPSA) is 80.0 Å². The lowest BCUT2D eigenvalue weighted by Crippen LogP contribution is -2.28. The molecule has 0 bridgehead atoms. The summed E-state index contributed by atoms with van der Waals surface area (Å²) in [4.78, 5) is 15.8. The van der Waals surface area contributed by atoms with Crippen molar-refractivity contribution in [3.63, 3.8) is 0 Å². The van der Waals surface area contributed by atoms with Crippen LogP contribution in [0.15, 0.2) is 18.3 Å². The van der Waals surface area contributed by atoms with Crippen molar-refractivity contribution in [2.45, 2.75) is 57.5 Å². The maximum atomic E-state index is 12.7. The summed E-state index contributed by atoms with van der Waals surface area (Å²) < 4.78 is 27.0. The van der Waals surface area contributed by atoms with Crippen LogP contribution in [0.2, 0.25) is 5.15 Å². The van der Waals surface area contributed by atoms with Crippen LogP contribution in [0.4, 0.5) is 14.5 Å². The number of carboxylic acid groups (broad SMARTS) is 1. The average molecular weight is 399 g/mol. The molecule has 1 saturated carbocycles. The van der Waals surface area contributed by atoms with Gasteiger partial charge in [0.25, 0.3) is 6.43 Å². The molecule has 0 atom stereocenters. The maximum Gasteiger partial charge on any atom is 0.339 e. The highest BCUT2D eigenvalue weighted by Crippen LogP contribution is 2.32. The number of halogens is 3. The maximum absolute atomic E-state index is 12.7. The van der Waals surface area contributed by atoms with E-state index in [2.05, 4.69) is 15.4 Å². The van der Waals surface area contributed by atoms with Gasteiger partial charge >= 0.3 is 5.97 Å². The molecule has 1 aliphatic rings. The molecule has 1 aliphatic carbocycles. The molecule has 2 aromatic heterocycles. The molecule has 1 fully saturated rings. The highest BCUT2D eigenvalue weighted by Gasteiger charge is 2.26. The van der Waals surface area contributed by atoms with Crippen LogP contribution < -0.4 is 5.32 Å². The summed E-state index contributed by atoms with van der Waals surface area (Å²) in [6.45, 7) is 1.83. The van der Waals surface area contributed by atoms with E-state index in [1.165, 1.54) is 6.07 Å². The first-order valence-corrected chi connectivity index (χ1v) is 9.29. The second-order valence-electron chi connectivity index (χ2n) is 6.64. The van der Waals surface area contributed by atoms with Crippen molar-refractivity contribution in [1.82, 2.24) is 14.8 Å². The van der Waals surface area contributed by atoms with Crippen molar-refractivity contribution >= 4 is 23.3 Å². The Morgan fingerprint density at radius 1 is 1.41 bits per heavy atom. The number of rotatable bonds is 6. The van der Waals surface area contributed by atoms with Gasteiger partial charge in [0.05, 0.1) is 17.4 Å². The van der Waals surface area contributed by atoms with Gasteiger partial charge in [0.1, 0.15) is 16.4 Å². The van der Waals surface area contributed by atoms with Gasteiger partial charge in [-0.25, -0.2) is 18.6 Å². The van der Waals surface area contributed by atoms with Crippen LogP contribution in [0, 0.1) is 0 Å². The van der Waals surface area contributed by atoms with Gasteiger partial charge in [-0.15, -0.1) is 0 Å². The van der Waals surface area contributed by atoms with Crippen molar-refractivity contribution in [1.29, 1.82) is 0 Å². The van der Waals surface area contributed by atoms with Gasteiger partial charge in [0.2, 0.25) is 0 Å². The van der Waals surface area contributed by atoms with E-state index in [-0.39, 0.29) is 28.5 Å². The van der Waals surface area contributed by atoms with Crippen LogP contribution in [-0.2, 0) is 6.42 Å². The highest BCUT2D eigenvalue weighted by atomic mass is 35.5. The molecule has 0 unspecified atom stereocenters. The molecule has 0 saturated heterocycles. The molecule has 2 heterocycles. The molecule has 0 aliphatic heterocycles. The van der Waals surface area contributed by atoms with Crippen LogP contribution >= 0.6 is 11.6 Å². The minimum Gasteiger partial charge on any atom is -0.478 e. The van der Waals surface area contributed by atoms with Crippen LogP contribution in [0.3, 0.4) is 0 Å². The van der Waals surface area contributed by atoms with E-state index in [1.54, 1.807) is 16.9 Å². The highest BCUT2D eigenvalue weighted by molar-refractivity contribution is 6.29. The molecular weight excluding hydrogens is 378 g/mol. The van der Waals surface area contributed by atoms with Crippen molar-refractivity contribution in [3.05, 3.63) is 40.4 Å². The Hall–Kier alpha value is -2.22. The van der Waals surface area contributed by atoms with Crippen LogP contribution in [0.25, 0.3) is 0 Å². The number of carboxylic acids is 1. The summed E-state index contributed by atoms with van der Waals surface area (Å²) in [5, 5.41) is 17.0. The third-order valence-corrected chi connectivity index (χ3v) is 5.09. The fourth-order valence-electron chi connectivity index (χ4n) is 3.55. The van der Waals surface area contributed by atoms with Crippen molar-refractivity contribution in [2.75, 3.05) is 5.32 Å². The van der Waals surface area contributed by atoms with Crippen molar-refractivity contribution in [3.8, 4) is 0 Å². The predicted octanol–water partition coefficient (Wildman–Crippen LogP) is 4.73. The molecule has 0 spiro atoms. The van der Waals surface area contributed by atoms with Crippen molar-refractivity contribution in [2.24, 2.45) is 0 Å². The Labute approximate surface area is 160 Å². The van der Waals surface area contributed by atoms with Crippen molar-refractivity contribution < 1.29 is 18.7 Å². The number of hydrogen-bond donors (Lipinski definition) is 2. The molecular formula is C18H21ClF2N4O2. The molecule has 3 rings (SSSR count). The van der Waals surface area contributed by atoms with Gasteiger partial charge in [-0.1, -0.05) is 18.5 Å². The Morgan fingerprint density at radius 2 is 2.11 bits per heavy atom. The summed E-state index contributed by atoms with van der Waals surface area (Å²) in [5.74, 6) is -1.04. The van der Waals surface area contributed by atoms with E-state index in [0.717, 1.165) is 25.7 Å². The number of aryl methyl sites for hydroxylation is 1. The average Bonchev–Trinajstić information content (AvgIpc) is 3.12. The van der Waals surface area contributed by atoms with Gasteiger partial charge < -0.3 is 10.4 Å². The monoisotopic (exact) mass is 398 g/mol. The minimum atomic E-state index is -2.57. The molecule has 27 heavy (non-hydrogen) atoms. The number of carbonyl (C=O) groups is 1. The van der Waals surface area contributed by atoms with Gasteiger partial charge in [0.15, 0.2) is 0 Å². The summed E-state index contributed by atoms with van der Waals surface area (Å²) in [5.41, 5.74) is 0.863. The first-order valence-electron chi connectivity index (χ1n) is 8.91. The number of pyridine rings is 1. The largest absolute Gasteiger partial charge is 0.478 e. The number of alkyl halides is 2. The number of nitrogens with zero attached hydrogens (tertiary/aromatic N) is 3. The van der Waals surface area contributed by atoms with E-state index in [4.69, 9.17) is 11.6 Å². The Balaban J connectivity index is 1.69. The molecule has 0 aromatic carbocycles. The van der Waals surface area contributed by atoms with E-state index in [9.17, 15) is 18.7 Å². The lowest BCUT2D eigenvalue weighted by molar-refractivity contribution is 0.0696. The zero-order valence-corrected chi connectivity index (χ0v) is 15.6. The zero-order chi connectivity index (χ0) is 19.6. The van der Waals surface area contributed by atoms with Crippen LogP contribution in [0.5, 0.6) is 0 Å². The molecule has 2 N–H and O–H groups in total. The Bertz CT molecular complexity index is 820. The second kappa shape index (κ2) is 8.21. The lowest BCUT2D eigenvalue weighted by atomic mass is 9.91. The molecule has 2 aromatic rings. The van der Waals surface area contributed by atoms with Crippen LogP contribution in [-0.4, -0.2) is 31.9 Å². The second-order valence-corrected chi connectivity index (χ2v) is 7.03. The van der Waals surface area contributed by atoms with E-state index in [1.807, 2.05) is 6.92 Å². The van der Waals surface area contributed by atoms with Crippen LogP contribution in [0.1, 0.15) is 66.8 Å². The SMILES string of the molecule is CCc1nc(Cl)cc(NC2CCC(n3ccc(C(F)F)n3)CC2)c1C(=O)O. The fraction of sp³-hybridized carbons (Fsp3) is 0.500. The predicted molar refractivity (Wildman–Crippen MR) is 97.7 cm³/mol. The first kappa shape index (κ1) is 19.5. The Morgan fingerprint density at radius 3 is 2.67 bits per heavy atom. The number of nitrogens with one attached hydrogen (secondary N) is 1. The van der Waals surface area contributed by atoms with E-state index in [0.29, 0.717) is 17.8 Å². The molecule has 6 nitrogen and oxygen atoms in total. The van der Waals surface area contributed by atoms with Gasteiger partial charge in [0, 0.05) is 12.2 Å². The number of anilines is 1. The number of aromatic nitrogens is 3. The molecule has 0 amide bonds. The summed E-state index contributed by atoms with van der Waals surface area (Å²) in [6.07, 6.45) is 2.58. The lowest BCUT2D eigenvalue weighted by Gasteiger charge is -2.30. The first-order chi connectivity index (χ1) is 12.9. The van der Waals surface area contributed by atoms with E-state index < -0.39 is 12.4 Å². The Kier molecular flexibility index (Phi) is 5.94. The summed E-state index contributed by atoms with van der Waals surface area (Å²) in [6, 6.07) is 3.03. The van der Waals surface area contributed by atoms with Gasteiger partial charge in [-0.2, -0.15) is 5.10 Å². The summed E-state index contributed by atoms with van der Waals surface area (Å²) in [7, 11) is 0. The number of aromatic carboxylic acids is 1. The smallest absolute Gasteiger partial charge is 0.339 e. The zero-order valence-electron chi connectivity index (χ0n) is 14.8. The normalized spacial score (nSPS) is 20.0.